The van der Waals surface area contributed by atoms with Crippen LogP contribution in [0.25, 0.3) is 0 Å². The molecule has 0 bridgehead atoms. The van der Waals surface area contributed by atoms with Crippen LogP contribution in [0.3, 0.4) is 0 Å². The van der Waals surface area contributed by atoms with Gasteiger partial charge in [0.05, 0.1) is 24.1 Å². The fourth-order valence-corrected chi connectivity index (χ4v) is 4.60. The molecule has 128 valence electrons. The molecule has 8 heteroatoms. The van der Waals surface area contributed by atoms with Crippen molar-refractivity contribution in [1.82, 2.24) is 19.9 Å². The van der Waals surface area contributed by atoms with Crippen molar-refractivity contribution < 1.29 is 4.79 Å². The minimum absolute atomic E-state index is 0.122. The van der Waals surface area contributed by atoms with Gasteiger partial charge >= 0.3 is 0 Å². The first kappa shape index (κ1) is 17.2. The van der Waals surface area contributed by atoms with Gasteiger partial charge in [-0.3, -0.25) is 9.59 Å². The van der Waals surface area contributed by atoms with Crippen molar-refractivity contribution in [3.05, 3.63) is 39.5 Å². The predicted molar refractivity (Wildman–Crippen MR) is 95.6 cm³/mol. The number of aromatic nitrogens is 3. The molecular formula is C16H20N4O2S2. The zero-order valence-corrected chi connectivity index (χ0v) is 15.2. The number of amides is 1. The van der Waals surface area contributed by atoms with Crippen molar-refractivity contribution in [2.24, 2.45) is 0 Å². The van der Waals surface area contributed by atoms with Gasteiger partial charge < -0.3 is 9.88 Å². The van der Waals surface area contributed by atoms with E-state index in [4.69, 9.17) is 0 Å². The van der Waals surface area contributed by atoms with Gasteiger partial charge in [-0.15, -0.1) is 11.3 Å². The fraction of sp³-hybridized carbons (Fsp3) is 0.500. The molecule has 1 fully saturated rings. The summed E-state index contributed by atoms with van der Waals surface area (Å²) in [7, 11) is 0. The maximum absolute atomic E-state index is 12.4. The topological polar surface area (TPSA) is 79.0 Å². The van der Waals surface area contributed by atoms with E-state index < -0.39 is 0 Å². The smallest absolute Gasteiger partial charge is 0.250 e. The van der Waals surface area contributed by atoms with Crippen LogP contribution in [0.1, 0.15) is 37.1 Å². The Balaban J connectivity index is 1.54. The highest BCUT2D eigenvalue weighted by Crippen LogP contribution is 2.26. The second kappa shape index (κ2) is 7.94. The number of nitrogens with zero attached hydrogens (tertiary/aromatic N) is 3. The molecule has 1 N–H and O–H groups in total. The summed E-state index contributed by atoms with van der Waals surface area (Å²) in [6, 6.07) is 1.56. The van der Waals surface area contributed by atoms with Crippen molar-refractivity contribution in [2.75, 3.05) is 18.8 Å². The Morgan fingerprint density at radius 1 is 1.46 bits per heavy atom. The van der Waals surface area contributed by atoms with Crippen LogP contribution in [-0.2, 0) is 11.2 Å². The lowest BCUT2D eigenvalue weighted by Gasteiger charge is -2.31. The number of carbonyl (C=O) groups is 1. The van der Waals surface area contributed by atoms with Gasteiger partial charge in [0.15, 0.2) is 0 Å². The van der Waals surface area contributed by atoms with E-state index in [1.165, 1.54) is 6.33 Å². The molecule has 0 unspecified atom stereocenters. The third-order valence-electron chi connectivity index (χ3n) is 4.10. The minimum Gasteiger partial charge on any atom is -0.342 e. The molecule has 3 rings (SSSR count). The first-order chi connectivity index (χ1) is 11.7. The molecule has 0 spiro atoms. The highest BCUT2D eigenvalue weighted by molar-refractivity contribution is 8.00. The van der Waals surface area contributed by atoms with Crippen LogP contribution in [0.15, 0.2) is 26.9 Å². The zero-order valence-electron chi connectivity index (χ0n) is 13.5. The van der Waals surface area contributed by atoms with E-state index in [0.29, 0.717) is 19.5 Å². The fourth-order valence-electron chi connectivity index (χ4n) is 2.86. The number of H-pyrrole nitrogens is 1. The lowest BCUT2D eigenvalue weighted by atomic mass is 9.93. The first-order valence-electron chi connectivity index (χ1n) is 8.05. The number of piperidine rings is 1. The second-order valence-electron chi connectivity index (χ2n) is 5.71. The van der Waals surface area contributed by atoms with Gasteiger partial charge in [-0.05, 0) is 18.6 Å². The lowest BCUT2D eigenvalue weighted by Crippen LogP contribution is -2.39. The summed E-state index contributed by atoms with van der Waals surface area (Å²) in [5.74, 6) is 1.37. The molecule has 2 aromatic rings. The Morgan fingerprint density at radius 3 is 2.96 bits per heavy atom. The van der Waals surface area contributed by atoms with Crippen molar-refractivity contribution >= 4 is 29.0 Å². The summed E-state index contributed by atoms with van der Waals surface area (Å²) < 4.78 is 1.03. The van der Waals surface area contributed by atoms with Crippen LogP contribution >= 0.6 is 23.1 Å². The van der Waals surface area contributed by atoms with Crippen LogP contribution in [-0.4, -0.2) is 44.6 Å². The van der Waals surface area contributed by atoms with Crippen molar-refractivity contribution in [1.29, 1.82) is 0 Å². The normalized spacial score (nSPS) is 15.6. The van der Waals surface area contributed by atoms with Gasteiger partial charge in [-0.2, -0.15) is 0 Å². The average molecular weight is 364 g/mol. The van der Waals surface area contributed by atoms with E-state index in [9.17, 15) is 9.59 Å². The largest absolute Gasteiger partial charge is 0.342 e. The number of rotatable bonds is 5. The van der Waals surface area contributed by atoms with Gasteiger partial charge in [-0.25, -0.2) is 9.97 Å². The SMILES string of the molecule is CCSc1nc(CC(=O)N2CCC(c3cc(=O)[nH]cn3)CC2)cs1. The molecular weight excluding hydrogens is 344 g/mol. The average Bonchev–Trinajstić information content (AvgIpc) is 3.02. The third-order valence-corrected chi connectivity index (χ3v) is 6.05. The molecule has 0 aliphatic carbocycles. The summed E-state index contributed by atoms with van der Waals surface area (Å²) in [4.78, 5) is 37.0. The molecule has 0 saturated carbocycles. The molecule has 0 radical (unpaired) electrons. The first-order valence-corrected chi connectivity index (χ1v) is 9.92. The van der Waals surface area contributed by atoms with Gasteiger partial charge in [0.1, 0.15) is 4.34 Å². The number of aromatic amines is 1. The molecule has 6 nitrogen and oxygen atoms in total. The van der Waals surface area contributed by atoms with Crippen molar-refractivity contribution in [3.8, 4) is 0 Å². The molecule has 0 aromatic carbocycles. The Morgan fingerprint density at radius 2 is 2.25 bits per heavy atom. The molecule has 24 heavy (non-hydrogen) atoms. The van der Waals surface area contributed by atoms with Crippen LogP contribution in [0.5, 0.6) is 0 Å². The van der Waals surface area contributed by atoms with Crippen molar-refractivity contribution in [3.63, 3.8) is 0 Å². The van der Waals surface area contributed by atoms with Crippen LogP contribution in [0.2, 0.25) is 0 Å². The second-order valence-corrected chi connectivity index (χ2v) is 8.07. The van der Waals surface area contributed by atoms with Crippen LogP contribution < -0.4 is 5.56 Å². The minimum atomic E-state index is -0.122. The highest BCUT2D eigenvalue weighted by Gasteiger charge is 2.25. The number of thioether (sulfide) groups is 1. The molecule has 0 atom stereocenters. The zero-order chi connectivity index (χ0) is 16.9. The summed E-state index contributed by atoms with van der Waals surface area (Å²) in [6.07, 6.45) is 3.50. The number of likely N-dealkylation sites (tertiary alicyclic amines) is 1. The van der Waals surface area contributed by atoms with Crippen LogP contribution in [0.4, 0.5) is 0 Å². The van der Waals surface area contributed by atoms with E-state index >= 15 is 0 Å². The molecule has 1 aliphatic heterocycles. The highest BCUT2D eigenvalue weighted by atomic mass is 32.2. The Kier molecular flexibility index (Phi) is 5.68. The van der Waals surface area contributed by atoms with E-state index in [1.54, 1.807) is 29.2 Å². The predicted octanol–water partition coefficient (Wildman–Crippen LogP) is 2.29. The van der Waals surface area contributed by atoms with Gasteiger partial charge in [0, 0.05) is 30.5 Å². The van der Waals surface area contributed by atoms with Gasteiger partial charge in [0.25, 0.3) is 5.56 Å². The van der Waals surface area contributed by atoms with Gasteiger partial charge in [0.2, 0.25) is 5.91 Å². The molecule has 1 amide bonds. The maximum Gasteiger partial charge on any atom is 0.250 e. The summed E-state index contributed by atoms with van der Waals surface area (Å²) in [5.41, 5.74) is 1.56. The number of carbonyl (C=O) groups excluding carboxylic acids is 1. The molecule has 2 aromatic heterocycles. The number of thiazole rings is 1. The van der Waals surface area contributed by atoms with Gasteiger partial charge in [-0.1, -0.05) is 18.7 Å². The molecule has 3 heterocycles. The number of nitrogens with one attached hydrogen (secondary N) is 1. The van der Waals surface area contributed by atoms with Crippen molar-refractivity contribution in [2.45, 2.75) is 36.4 Å². The Bertz CT molecular complexity index is 750. The maximum atomic E-state index is 12.4. The lowest BCUT2D eigenvalue weighted by molar-refractivity contribution is -0.131. The molecule has 1 saturated heterocycles. The quantitative estimate of drug-likeness (QED) is 0.824. The van der Waals surface area contributed by atoms with Crippen LogP contribution in [0, 0.1) is 0 Å². The monoisotopic (exact) mass is 364 g/mol. The Hall–Kier alpha value is -1.67. The third kappa shape index (κ3) is 4.24. The Labute approximate surface area is 148 Å². The van der Waals surface area contributed by atoms with E-state index in [-0.39, 0.29) is 17.4 Å². The summed E-state index contributed by atoms with van der Waals surface area (Å²) >= 11 is 3.31. The summed E-state index contributed by atoms with van der Waals surface area (Å²) in [5, 5.41) is 1.98. The summed E-state index contributed by atoms with van der Waals surface area (Å²) in [6.45, 7) is 3.51. The standard InChI is InChI=1S/C16H20N4O2S2/c1-2-23-16-19-12(9-24-16)7-15(22)20-5-3-11(4-6-20)13-8-14(21)18-10-17-13/h8-11H,2-7H2,1H3,(H,17,18,21). The van der Waals surface area contributed by atoms with E-state index in [1.807, 2.05) is 10.3 Å². The number of hydrogen-bond donors (Lipinski definition) is 1. The number of hydrogen-bond acceptors (Lipinski definition) is 6. The van der Waals surface area contributed by atoms with E-state index in [2.05, 4.69) is 21.9 Å². The molecule has 1 aliphatic rings. The van der Waals surface area contributed by atoms with E-state index in [0.717, 1.165) is 34.3 Å².